The summed E-state index contributed by atoms with van der Waals surface area (Å²) in [7, 11) is 0. The van der Waals surface area contributed by atoms with Crippen LogP contribution in [-0.4, -0.2) is 29.4 Å². The van der Waals surface area contributed by atoms with Gasteiger partial charge in [-0.25, -0.2) is 4.79 Å². The van der Waals surface area contributed by atoms with E-state index < -0.39 is 16.9 Å². The van der Waals surface area contributed by atoms with Gasteiger partial charge < -0.3 is 10.1 Å². The maximum absolute atomic E-state index is 12.0. The Balaban J connectivity index is 2.79. The first-order valence-electron chi connectivity index (χ1n) is 7.11. The van der Waals surface area contributed by atoms with Gasteiger partial charge in [-0.05, 0) is 12.0 Å². The lowest BCUT2D eigenvalue weighted by Gasteiger charge is -2.16. The van der Waals surface area contributed by atoms with Crippen molar-refractivity contribution in [2.24, 2.45) is 0 Å². The second kappa shape index (κ2) is 8.76. The van der Waals surface area contributed by atoms with Crippen LogP contribution in [0.15, 0.2) is 24.3 Å². The summed E-state index contributed by atoms with van der Waals surface area (Å²) in [6.45, 7) is 3.57. The third-order valence-corrected chi connectivity index (χ3v) is 2.97. The standard InChI is InChI=1S/C15H20N2O5/c1-3-4-8-22-15(19)14(16-11(2)18)10-12-6-5-7-13(9-12)17(20)21/h5-7,9,14H,3-4,8,10H2,1-2H3,(H,16,18)/t14-/m0/s1. The molecule has 0 aliphatic rings. The highest BCUT2D eigenvalue weighted by Crippen LogP contribution is 2.15. The molecule has 0 unspecified atom stereocenters. The van der Waals surface area contributed by atoms with Crippen molar-refractivity contribution in [3.05, 3.63) is 39.9 Å². The summed E-state index contributed by atoms with van der Waals surface area (Å²) in [6, 6.07) is 5.11. The average Bonchev–Trinajstić information content (AvgIpc) is 2.46. The molecule has 0 aliphatic heterocycles. The molecule has 0 spiro atoms. The number of nitrogens with one attached hydrogen (secondary N) is 1. The van der Waals surface area contributed by atoms with E-state index in [1.165, 1.54) is 19.1 Å². The summed E-state index contributed by atoms with van der Waals surface area (Å²) in [5.74, 6) is -0.891. The average molecular weight is 308 g/mol. The minimum atomic E-state index is -0.851. The number of amides is 1. The number of non-ortho nitro benzene ring substituents is 1. The number of nitrogens with zero attached hydrogens (tertiary/aromatic N) is 1. The molecular formula is C15H20N2O5. The van der Waals surface area contributed by atoms with E-state index in [1.54, 1.807) is 12.1 Å². The number of nitro benzene ring substituents is 1. The SMILES string of the molecule is CCCCOC(=O)[C@H](Cc1cccc([N+](=O)[O-])c1)NC(C)=O. The number of unbranched alkanes of at least 4 members (excludes halogenated alkanes) is 1. The van der Waals surface area contributed by atoms with Crippen LogP contribution in [0.2, 0.25) is 0 Å². The normalized spacial score (nSPS) is 11.5. The van der Waals surface area contributed by atoms with Crippen molar-refractivity contribution in [1.29, 1.82) is 0 Å². The van der Waals surface area contributed by atoms with Crippen molar-refractivity contribution < 1.29 is 19.2 Å². The maximum atomic E-state index is 12.0. The Labute approximate surface area is 128 Å². The zero-order valence-electron chi connectivity index (χ0n) is 12.7. The van der Waals surface area contributed by atoms with Gasteiger partial charge in [-0.2, -0.15) is 0 Å². The quantitative estimate of drug-likeness (QED) is 0.343. The number of carbonyl (C=O) groups is 2. The second-order valence-electron chi connectivity index (χ2n) is 4.91. The van der Waals surface area contributed by atoms with Crippen LogP contribution in [0.3, 0.4) is 0 Å². The van der Waals surface area contributed by atoms with E-state index in [9.17, 15) is 19.7 Å². The highest BCUT2D eigenvalue weighted by Gasteiger charge is 2.22. The van der Waals surface area contributed by atoms with Gasteiger partial charge in [0.1, 0.15) is 6.04 Å². The highest BCUT2D eigenvalue weighted by atomic mass is 16.6. The highest BCUT2D eigenvalue weighted by molar-refractivity contribution is 5.83. The van der Waals surface area contributed by atoms with Gasteiger partial charge in [-0.3, -0.25) is 14.9 Å². The number of benzene rings is 1. The lowest BCUT2D eigenvalue weighted by Crippen LogP contribution is -2.42. The first-order chi connectivity index (χ1) is 10.4. The molecule has 1 atom stereocenters. The Morgan fingerprint density at radius 3 is 2.73 bits per heavy atom. The van der Waals surface area contributed by atoms with E-state index in [2.05, 4.69) is 5.32 Å². The van der Waals surface area contributed by atoms with E-state index in [0.717, 1.165) is 12.8 Å². The minimum absolute atomic E-state index is 0.0570. The molecule has 7 nitrogen and oxygen atoms in total. The van der Waals surface area contributed by atoms with Gasteiger partial charge in [0.25, 0.3) is 5.69 Å². The van der Waals surface area contributed by atoms with E-state index in [-0.39, 0.29) is 18.0 Å². The largest absolute Gasteiger partial charge is 0.464 e. The number of nitro groups is 1. The Hall–Kier alpha value is -2.44. The van der Waals surface area contributed by atoms with Crippen molar-refractivity contribution in [3.8, 4) is 0 Å². The van der Waals surface area contributed by atoms with Gasteiger partial charge in [0, 0.05) is 25.5 Å². The van der Waals surface area contributed by atoms with Crippen molar-refractivity contribution >= 4 is 17.6 Å². The molecule has 0 aliphatic carbocycles. The number of hydrogen-bond donors (Lipinski definition) is 1. The van der Waals surface area contributed by atoms with Crippen LogP contribution in [0.5, 0.6) is 0 Å². The van der Waals surface area contributed by atoms with Crippen molar-refractivity contribution in [2.75, 3.05) is 6.61 Å². The van der Waals surface area contributed by atoms with Crippen LogP contribution >= 0.6 is 0 Å². The first-order valence-corrected chi connectivity index (χ1v) is 7.11. The van der Waals surface area contributed by atoms with Crippen LogP contribution in [-0.2, 0) is 20.7 Å². The maximum Gasteiger partial charge on any atom is 0.328 e. The van der Waals surface area contributed by atoms with Crippen LogP contribution in [0.4, 0.5) is 5.69 Å². The summed E-state index contributed by atoms with van der Waals surface area (Å²) in [5.41, 5.74) is 0.527. The third-order valence-electron chi connectivity index (χ3n) is 2.97. The fraction of sp³-hybridized carbons (Fsp3) is 0.467. The molecule has 120 valence electrons. The lowest BCUT2D eigenvalue weighted by atomic mass is 10.1. The van der Waals surface area contributed by atoms with Gasteiger partial charge in [0.2, 0.25) is 5.91 Å². The molecule has 1 aromatic carbocycles. The van der Waals surface area contributed by atoms with E-state index >= 15 is 0 Å². The number of esters is 1. The van der Waals surface area contributed by atoms with E-state index in [1.807, 2.05) is 6.92 Å². The third kappa shape index (κ3) is 5.90. The Kier molecular flexibility index (Phi) is 7.01. The van der Waals surface area contributed by atoms with Crippen molar-refractivity contribution in [3.63, 3.8) is 0 Å². The molecule has 0 saturated carbocycles. The summed E-state index contributed by atoms with van der Waals surface area (Å²) in [4.78, 5) is 33.5. The van der Waals surface area contributed by atoms with E-state index in [4.69, 9.17) is 4.74 Å². The molecule has 0 fully saturated rings. The van der Waals surface area contributed by atoms with Crippen LogP contribution in [0.1, 0.15) is 32.3 Å². The van der Waals surface area contributed by atoms with Gasteiger partial charge in [0.05, 0.1) is 11.5 Å². The molecule has 0 aromatic heterocycles. The second-order valence-corrected chi connectivity index (χ2v) is 4.91. The zero-order valence-corrected chi connectivity index (χ0v) is 12.7. The summed E-state index contributed by atoms with van der Waals surface area (Å²) in [6.07, 6.45) is 1.78. The molecule has 0 saturated heterocycles. The van der Waals surface area contributed by atoms with Crippen molar-refractivity contribution in [2.45, 2.75) is 39.2 Å². The van der Waals surface area contributed by atoms with Crippen LogP contribution < -0.4 is 5.32 Å². The molecule has 22 heavy (non-hydrogen) atoms. The number of ether oxygens (including phenoxy) is 1. The lowest BCUT2D eigenvalue weighted by molar-refractivity contribution is -0.384. The molecule has 1 aromatic rings. The molecule has 1 rings (SSSR count). The molecule has 1 amide bonds. The summed E-state index contributed by atoms with van der Waals surface area (Å²) >= 11 is 0. The fourth-order valence-electron chi connectivity index (χ4n) is 1.89. The molecular weight excluding hydrogens is 288 g/mol. The van der Waals surface area contributed by atoms with Gasteiger partial charge >= 0.3 is 5.97 Å². The zero-order chi connectivity index (χ0) is 16.5. The number of carbonyl (C=O) groups excluding carboxylic acids is 2. The van der Waals surface area contributed by atoms with Gasteiger partial charge in [-0.1, -0.05) is 25.5 Å². The predicted octanol–water partition coefficient (Wildman–Crippen LogP) is 1.99. The minimum Gasteiger partial charge on any atom is -0.464 e. The topological polar surface area (TPSA) is 98.5 Å². The monoisotopic (exact) mass is 308 g/mol. The molecule has 0 bridgehead atoms. The summed E-state index contributed by atoms with van der Waals surface area (Å²) < 4.78 is 5.11. The Bertz CT molecular complexity index is 544. The van der Waals surface area contributed by atoms with E-state index in [0.29, 0.717) is 12.2 Å². The fourth-order valence-corrected chi connectivity index (χ4v) is 1.89. The predicted molar refractivity (Wildman–Crippen MR) is 80.3 cm³/mol. The Morgan fingerprint density at radius 1 is 1.41 bits per heavy atom. The van der Waals surface area contributed by atoms with Crippen LogP contribution in [0, 0.1) is 10.1 Å². The first kappa shape index (κ1) is 17.6. The molecule has 7 heteroatoms. The van der Waals surface area contributed by atoms with Gasteiger partial charge in [0.15, 0.2) is 0 Å². The molecule has 0 heterocycles. The molecule has 1 N–H and O–H groups in total. The Morgan fingerprint density at radius 2 is 2.14 bits per heavy atom. The van der Waals surface area contributed by atoms with Crippen LogP contribution in [0.25, 0.3) is 0 Å². The summed E-state index contributed by atoms with van der Waals surface area (Å²) in [5, 5.41) is 13.3. The van der Waals surface area contributed by atoms with Crippen molar-refractivity contribution in [1.82, 2.24) is 5.32 Å². The number of rotatable bonds is 8. The smallest absolute Gasteiger partial charge is 0.328 e. The van der Waals surface area contributed by atoms with Gasteiger partial charge in [-0.15, -0.1) is 0 Å². The number of hydrogen-bond acceptors (Lipinski definition) is 5. The molecule has 0 radical (unpaired) electrons.